The summed E-state index contributed by atoms with van der Waals surface area (Å²) < 4.78 is 39.7. The smallest absolute Gasteiger partial charge is 0.416 e. The van der Waals surface area contributed by atoms with E-state index in [1.54, 1.807) is 19.1 Å². The Labute approximate surface area is 157 Å². The van der Waals surface area contributed by atoms with Crippen LogP contribution in [-0.4, -0.2) is 36.0 Å². The van der Waals surface area contributed by atoms with Gasteiger partial charge in [-0.1, -0.05) is 5.21 Å². The van der Waals surface area contributed by atoms with Crippen molar-refractivity contribution in [2.24, 2.45) is 0 Å². The largest absolute Gasteiger partial charge is 0.480 e. The summed E-state index contributed by atoms with van der Waals surface area (Å²) in [5, 5.41) is 19.5. The minimum atomic E-state index is -4.48. The monoisotopic (exact) mass is 392 g/mol. The first-order valence-electron chi connectivity index (χ1n) is 8.07. The molecule has 0 aliphatic carbocycles. The minimum Gasteiger partial charge on any atom is -0.480 e. The molecule has 0 aliphatic heterocycles. The Hall–Kier alpha value is -3.50. The fraction of sp³-hybridized carbons (Fsp3) is 0.235. The van der Waals surface area contributed by atoms with Gasteiger partial charge in [-0.3, -0.25) is 0 Å². The van der Waals surface area contributed by atoms with Gasteiger partial charge in [0, 0.05) is 6.20 Å². The van der Waals surface area contributed by atoms with Crippen LogP contribution in [0.5, 0.6) is 0 Å². The van der Waals surface area contributed by atoms with Gasteiger partial charge in [0.2, 0.25) is 0 Å². The number of hydrogen-bond donors (Lipinski definition) is 2. The van der Waals surface area contributed by atoms with Crippen molar-refractivity contribution < 1.29 is 23.1 Å². The summed E-state index contributed by atoms with van der Waals surface area (Å²) in [4.78, 5) is 19.2. The van der Waals surface area contributed by atoms with E-state index in [0.717, 1.165) is 23.9 Å². The second kappa shape index (κ2) is 7.25. The van der Waals surface area contributed by atoms with E-state index in [1.807, 2.05) is 0 Å². The maximum absolute atomic E-state index is 12.9. The van der Waals surface area contributed by atoms with E-state index in [2.05, 4.69) is 25.6 Å². The zero-order chi connectivity index (χ0) is 20.5. The van der Waals surface area contributed by atoms with Gasteiger partial charge in [0.1, 0.15) is 23.4 Å². The van der Waals surface area contributed by atoms with Crippen LogP contribution < -0.4 is 5.32 Å². The highest BCUT2D eigenvalue weighted by atomic mass is 19.4. The first-order chi connectivity index (χ1) is 13.1. The van der Waals surface area contributed by atoms with E-state index < -0.39 is 23.8 Å². The van der Waals surface area contributed by atoms with Crippen LogP contribution >= 0.6 is 0 Å². The van der Waals surface area contributed by atoms with Gasteiger partial charge >= 0.3 is 12.1 Å². The Bertz CT molecular complexity index is 1020. The highest BCUT2D eigenvalue weighted by molar-refractivity contribution is 5.71. The number of aryl methyl sites for hydroxylation is 1. The lowest BCUT2D eigenvalue weighted by Crippen LogP contribution is -2.15. The van der Waals surface area contributed by atoms with Crippen LogP contribution in [0.15, 0.2) is 36.7 Å². The summed E-state index contributed by atoms with van der Waals surface area (Å²) in [5.41, 5.74) is 0.652. The first kappa shape index (κ1) is 19.3. The van der Waals surface area contributed by atoms with Gasteiger partial charge in [0.25, 0.3) is 0 Å². The number of rotatable bonds is 5. The number of carboxylic acids is 1. The molecular weight excluding hydrogens is 377 g/mol. The summed E-state index contributed by atoms with van der Waals surface area (Å²) in [7, 11) is 0. The Kier molecular flexibility index (Phi) is 4.99. The molecule has 0 unspecified atom stereocenters. The lowest BCUT2D eigenvalue weighted by Gasteiger charge is -2.10. The SMILES string of the molecule is Cc1cc(Nc2cc(C(F)(F)F)ccn2)nc(-c2cn([C@H](C)C(=O)O)nn2)c1. The fourth-order valence-electron chi connectivity index (χ4n) is 2.37. The van der Waals surface area contributed by atoms with Crippen LogP contribution in [-0.2, 0) is 11.0 Å². The molecule has 1 atom stereocenters. The molecule has 0 saturated carbocycles. The van der Waals surface area contributed by atoms with Crippen LogP contribution in [0.1, 0.15) is 24.1 Å². The number of nitrogens with one attached hydrogen (secondary N) is 1. The third kappa shape index (κ3) is 4.24. The van der Waals surface area contributed by atoms with Gasteiger partial charge < -0.3 is 10.4 Å². The number of carboxylic acid groups (broad SMARTS) is 1. The van der Waals surface area contributed by atoms with Crippen molar-refractivity contribution in [2.45, 2.75) is 26.1 Å². The van der Waals surface area contributed by atoms with Gasteiger partial charge in [-0.25, -0.2) is 19.4 Å². The third-order valence-electron chi connectivity index (χ3n) is 3.84. The number of halogens is 3. The Morgan fingerprint density at radius 1 is 1.21 bits per heavy atom. The molecule has 8 nitrogen and oxygen atoms in total. The number of carbonyl (C=O) groups is 1. The summed E-state index contributed by atoms with van der Waals surface area (Å²) in [6.45, 7) is 3.23. The van der Waals surface area contributed by atoms with Gasteiger partial charge in [-0.05, 0) is 43.7 Å². The zero-order valence-corrected chi connectivity index (χ0v) is 14.8. The molecule has 146 valence electrons. The van der Waals surface area contributed by atoms with E-state index in [1.165, 1.54) is 17.8 Å². The topological polar surface area (TPSA) is 106 Å². The lowest BCUT2D eigenvalue weighted by molar-refractivity contribution is -0.140. The maximum atomic E-state index is 12.9. The molecule has 0 amide bonds. The van der Waals surface area contributed by atoms with Crippen molar-refractivity contribution >= 4 is 17.6 Å². The number of pyridine rings is 2. The van der Waals surface area contributed by atoms with Crippen LogP contribution in [0.3, 0.4) is 0 Å². The lowest BCUT2D eigenvalue weighted by atomic mass is 10.2. The standard InChI is InChI=1S/C17H15F3N6O2/c1-9-5-12(13-8-26(25-24-13)10(2)16(27)28)22-15(6-9)23-14-7-11(3-4-21-14)17(18,19)20/h3-8,10H,1-2H3,(H,27,28)(H,21,22,23)/t10-/m1/s1. The Morgan fingerprint density at radius 3 is 2.64 bits per heavy atom. The van der Waals surface area contributed by atoms with E-state index >= 15 is 0 Å². The number of aliphatic carboxylic acids is 1. The molecule has 0 aliphatic rings. The van der Waals surface area contributed by atoms with Crippen LogP contribution in [0.4, 0.5) is 24.8 Å². The summed E-state index contributed by atoms with van der Waals surface area (Å²) in [6, 6.07) is 4.19. The molecule has 3 aromatic rings. The molecule has 3 rings (SSSR count). The number of alkyl halides is 3. The molecule has 3 aromatic heterocycles. The van der Waals surface area contributed by atoms with Gasteiger partial charge in [-0.15, -0.1) is 5.10 Å². The van der Waals surface area contributed by atoms with Gasteiger partial charge in [-0.2, -0.15) is 13.2 Å². The Morgan fingerprint density at radius 2 is 1.96 bits per heavy atom. The normalized spacial score (nSPS) is 12.6. The molecule has 0 fully saturated rings. The molecule has 0 bridgehead atoms. The molecule has 3 heterocycles. The third-order valence-corrected chi connectivity index (χ3v) is 3.84. The van der Waals surface area contributed by atoms with Crippen LogP contribution in [0.2, 0.25) is 0 Å². The van der Waals surface area contributed by atoms with Crippen LogP contribution in [0.25, 0.3) is 11.4 Å². The zero-order valence-electron chi connectivity index (χ0n) is 14.8. The molecule has 2 N–H and O–H groups in total. The van der Waals surface area contributed by atoms with Crippen molar-refractivity contribution in [3.63, 3.8) is 0 Å². The number of hydrogen-bond acceptors (Lipinski definition) is 6. The predicted octanol–water partition coefficient (Wildman–Crippen LogP) is 3.45. The van der Waals surface area contributed by atoms with E-state index in [-0.39, 0.29) is 11.6 Å². The molecule has 28 heavy (non-hydrogen) atoms. The van der Waals surface area contributed by atoms with Crippen molar-refractivity contribution in [2.75, 3.05) is 5.32 Å². The molecule has 0 aromatic carbocycles. The molecule has 0 spiro atoms. The number of aromatic nitrogens is 5. The average Bonchev–Trinajstić information content (AvgIpc) is 3.10. The van der Waals surface area contributed by atoms with Gasteiger partial charge in [0.15, 0.2) is 0 Å². The van der Waals surface area contributed by atoms with Crippen molar-refractivity contribution in [1.82, 2.24) is 25.0 Å². The summed E-state index contributed by atoms with van der Waals surface area (Å²) >= 11 is 0. The molecule has 11 heteroatoms. The molecule has 0 radical (unpaired) electrons. The van der Waals surface area contributed by atoms with Crippen molar-refractivity contribution in [3.05, 3.63) is 47.8 Å². The first-order valence-corrected chi connectivity index (χ1v) is 8.07. The number of anilines is 2. The van der Waals surface area contributed by atoms with Crippen molar-refractivity contribution in [3.8, 4) is 11.4 Å². The van der Waals surface area contributed by atoms with Crippen LogP contribution in [0, 0.1) is 6.92 Å². The second-order valence-corrected chi connectivity index (χ2v) is 6.07. The van der Waals surface area contributed by atoms with Gasteiger partial charge in [0.05, 0.1) is 17.5 Å². The minimum absolute atomic E-state index is 0.0120. The summed E-state index contributed by atoms with van der Waals surface area (Å²) in [6.07, 6.45) is -1.99. The predicted molar refractivity (Wildman–Crippen MR) is 92.9 cm³/mol. The molecular formula is C17H15F3N6O2. The van der Waals surface area contributed by atoms with Crippen molar-refractivity contribution in [1.29, 1.82) is 0 Å². The maximum Gasteiger partial charge on any atom is 0.416 e. The summed E-state index contributed by atoms with van der Waals surface area (Å²) in [5.74, 6) is -0.809. The fourth-order valence-corrected chi connectivity index (χ4v) is 2.37. The highest BCUT2D eigenvalue weighted by Crippen LogP contribution is 2.30. The van der Waals surface area contributed by atoms with E-state index in [4.69, 9.17) is 5.11 Å². The quantitative estimate of drug-likeness (QED) is 0.685. The Balaban J connectivity index is 1.90. The molecule has 0 saturated heterocycles. The van der Waals surface area contributed by atoms with E-state index in [0.29, 0.717) is 11.4 Å². The van der Waals surface area contributed by atoms with E-state index in [9.17, 15) is 18.0 Å². The highest BCUT2D eigenvalue weighted by Gasteiger charge is 2.30. The number of nitrogens with zero attached hydrogens (tertiary/aromatic N) is 5. The second-order valence-electron chi connectivity index (χ2n) is 6.07. The average molecular weight is 392 g/mol.